The first-order chi connectivity index (χ1) is 6.27. The van der Waals surface area contributed by atoms with Crippen LogP contribution >= 0.6 is 34.1 Å². The maximum absolute atomic E-state index is 4.44. The average Bonchev–Trinajstić information content (AvgIpc) is 2.51. The van der Waals surface area contributed by atoms with Gasteiger partial charge < -0.3 is 0 Å². The van der Waals surface area contributed by atoms with Gasteiger partial charge in [0.2, 0.25) is 3.83 Å². The lowest BCUT2D eigenvalue weighted by Gasteiger charge is -2.10. The van der Waals surface area contributed by atoms with Gasteiger partial charge in [-0.25, -0.2) is 4.98 Å². The number of aromatic nitrogens is 2. The van der Waals surface area contributed by atoms with Gasteiger partial charge in [0, 0.05) is 28.5 Å². The first-order valence-electron chi connectivity index (χ1n) is 4.77. The molecule has 1 aromatic heterocycles. The third-order valence-corrected chi connectivity index (χ3v) is 3.73. The largest absolute Gasteiger partial charge is 0.215 e. The minimum atomic E-state index is 0.649. The van der Waals surface area contributed by atoms with Crippen LogP contribution in [-0.4, -0.2) is 9.36 Å². The van der Waals surface area contributed by atoms with E-state index in [1.54, 1.807) is 11.5 Å². The molecule has 0 atom stereocenters. The minimum absolute atomic E-state index is 0.649. The molecule has 0 bridgehead atoms. The fraction of sp³-hybridized carbons (Fsp3) is 0.778. The molecule has 13 heavy (non-hydrogen) atoms. The molecule has 0 saturated carbocycles. The molecule has 0 aliphatic heterocycles. The highest BCUT2D eigenvalue weighted by Crippen LogP contribution is 2.27. The molecule has 1 aromatic rings. The summed E-state index contributed by atoms with van der Waals surface area (Å²) in [6.45, 7) is 4.46. The van der Waals surface area contributed by atoms with E-state index in [0.717, 1.165) is 3.83 Å². The predicted molar refractivity (Wildman–Crippen MR) is 65.2 cm³/mol. The summed E-state index contributed by atoms with van der Waals surface area (Å²) in [5.41, 5.74) is 0. The van der Waals surface area contributed by atoms with Crippen molar-refractivity contribution < 1.29 is 0 Å². The molecule has 0 spiro atoms. The van der Waals surface area contributed by atoms with E-state index >= 15 is 0 Å². The SMILES string of the molecule is CCCC(CCC)c1nc(I)ns1. The molecule has 2 nitrogen and oxygen atoms in total. The number of rotatable bonds is 5. The van der Waals surface area contributed by atoms with Gasteiger partial charge in [0.15, 0.2) is 0 Å². The van der Waals surface area contributed by atoms with Crippen LogP contribution in [0.1, 0.15) is 50.5 Å². The summed E-state index contributed by atoms with van der Waals surface area (Å²) in [7, 11) is 0. The van der Waals surface area contributed by atoms with Crippen LogP contribution in [0.4, 0.5) is 0 Å². The van der Waals surface area contributed by atoms with Crippen molar-refractivity contribution in [2.75, 3.05) is 0 Å². The van der Waals surface area contributed by atoms with E-state index in [9.17, 15) is 0 Å². The van der Waals surface area contributed by atoms with Crippen molar-refractivity contribution in [3.63, 3.8) is 0 Å². The molecule has 0 aliphatic rings. The lowest BCUT2D eigenvalue weighted by atomic mass is 9.99. The highest BCUT2D eigenvalue weighted by atomic mass is 127. The van der Waals surface area contributed by atoms with Crippen LogP contribution < -0.4 is 0 Å². The molecule has 0 radical (unpaired) electrons. The molecule has 0 unspecified atom stereocenters. The molecule has 74 valence electrons. The number of halogens is 1. The quantitative estimate of drug-likeness (QED) is 0.773. The fourth-order valence-electron chi connectivity index (χ4n) is 1.47. The van der Waals surface area contributed by atoms with Gasteiger partial charge in [-0.05, 0) is 24.4 Å². The molecule has 0 N–H and O–H groups in total. The van der Waals surface area contributed by atoms with Gasteiger partial charge in [-0.15, -0.1) is 0 Å². The molecule has 4 heteroatoms. The smallest absolute Gasteiger partial charge is 0.203 e. The summed E-state index contributed by atoms with van der Waals surface area (Å²) >= 11 is 3.75. The van der Waals surface area contributed by atoms with E-state index in [1.807, 2.05) is 0 Å². The zero-order chi connectivity index (χ0) is 9.68. The van der Waals surface area contributed by atoms with Crippen molar-refractivity contribution in [3.8, 4) is 0 Å². The van der Waals surface area contributed by atoms with Crippen molar-refractivity contribution in [2.45, 2.75) is 45.4 Å². The standard InChI is InChI=1S/C9H15IN2S/c1-3-5-7(6-4-2)8-11-9(10)12-13-8/h7H,3-6H2,1-2H3. The van der Waals surface area contributed by atoms with Crippen LogP contribution in [0.25, 0.3) is 0 Å². The van der Waals surface area contributed by atoms with Gasteiger partial charge >= 0.3 is 0 Å². The summed E-state index contributed by atoms with van der Waals surface area (Å²) in [6.07, 6.45) is 4.97. The lowest BCUT2D eigenvalue weighted by Crippen LogP contribution is -1.97. The molecule has 0 aromatic carbocycles. The number of nitrogens with zero attached hydrogens (tertiary/aromatic N) is 2. The Morgan fingerprint density at radius 3 is 2.31 bits per heavy atom. The van der Waals surface area contributed by atoms with E-state index in [-0.39, 0.29) is 0 Å². The highest BCUT2D eigenvalue weighted by molar-refractivity contribution is 14.1. The van der Waals surface area contributed by atoms with Gasteiger partial charge in [-0.1, -0.05) is 26.7 Å². The topological polar surface area (TPSA) is 25.8 Å². The van der Waals surface area contributed by atoms with Crippen molar-refractivity contribution in [1.82, 2.24) is 9.36 Å². The molecule has 1 rings (SSSR count). The summed E-state index contributed by atoms with van der Waals surface area (Å²) < 4.78 is 5.12. The van der Waals surface area contributed by atoms with Gasteiger partial charge in [0.05, 0.1) is 0 Å². The Bertz CT molecular complexity index is 244. The normalized spacial score (nSPS) is 11.1. The average molecular weight is 310 g/mol. The fourth-order valence-corrected chi connectivity index (χ4v) is 2.91. The molecule has 0 fully saturated rings. The number of hydrogen-bond acceptors (Lipinski definition) is 3. The van der Waals surface area contributed by atoms with E-state index in [0.29, 0.717) is 5.92 Å². The van der Waals surface area contributed by atoms with E-state index < -0.39 is 0 Å². The Balaban J connectivity index is 2.63. The van der Waals surface area contributed by atoms with E-state index in [2.05, 4.69) is 45.8 Å². The third-order valence-electron chi connectivity index (χ3n) is 2.04. The zero-order valence-corrected chi connectivity index (χ0v) is 11.1. The predicted octanol–water partition coefficient (Wildman–Crippen LogP) is 3.83. The first kappa shape index (κ1) is 11.4. The molecular weight excluding hydrogens is 295 g/mol. The summed E-state index contributed by atoms with van der Waals surface area (Å²) in [5, 5.41) is 1.23. The van der Waals surface area contributed by atoms with Gasteiger partial charge in [-0.2, -0.15) is 4.37 Å². The minimum Gasteiger partial charge on any atom is -0.215 e. The van der Waals surface area contributed by atoms with Gasteiger partial charge in [0.1, 0.15) is 5.01 Å². The third kappa shape index (κ3) is 3.50. The van der Waals surface area contributed by atoms with Crippen molar-refractivity contribution in [1.29, 1.82) is 0 Å². The van der Waals surface area contributed by atoms with Crippen molar-refractivity contribution in [3.05, 3.63) is 8.84 Å². The first-order valence-corrected chi connectivity index (χ1v) is 6.62. The molecule has 0 amide bonds. The summed E-state index contributed by atoms with van der Waals surface area (Å²) in [4.78, 5) is 4.44. The van der Waals surface area contributed by atoms with Crippen molar-refractivity contribution >= 4 is 34.1 Å². The Hall–Kier alpha value is 0.290. The maximum Gasteiger partial charge on any atom is 0.203 e. The second-order valence-electron chi connectivity index (χ2n) is 3.18. The zero-order valence-electron chi connectivity index (χ0n) is 8.09. The Morgan fingerprint density at radius 2 is 1.92 bits per heavy atom. The van der Waals surface area contributed by atoms with Crippen LogP contribution in [0.5, 0.6) is 0 Å². The van der Waals surface area contributed by atoms with E-state index in [4.69, 9.17) is 0 Å². The second-order valence-corrected chi connectivity index (χ2v) is 4.92. The monoisotopic (exact) mass is 310 g/mol. The van der Waals surface area contributed by atoms with Crippen LogP contribution in [0, 0.1) is 3.83 Å². The van der Waals surface area contributed by atoms with Crippen LogP contribution in [0.15, 0.2) is 0 Å². The Labute approximate surface area is 97.5 Å². The Kier molecular flexibility index (Phi) is 5.16. The molecule has 1 heterocycles. The van der Waals surface area contributed by atoms with Gasteiger partial charge in [-0.3, -0.25) is 0 Å². The molecule has 0 aliphatic carbocycles. The van der Waals surface area contributed by atoms with Crippen LogP contribution in [0.3, 0.4) is 0 Å². The highest BCUT2D eigenvalue weighted by Gasteiger charge is 2.13. The van der Waals surface area contributed by atoms with Gasteiger partial charge in [0.25, 0.3) is 0 Å². The maximum atomic E-state index is 4.44. The van der Waals surface area contributed by atoms with Crippen LogP contribution in [-0.2, 0) is 0 Å². The molecular formula is C9H15IN2S. The lowest BCUT2D eigenvalue weighted by molar-refractivity contribution is 0.557. The summed E-state index contributed by atoms with van der Waals surface area (Å²) in [5.74, 6) is 0.649. The number of hydrogen-bond donors (Lipinski definition) is 0. The summed E-state index contributed by atoms with van der Waals surface area (Å²) in [6, 6.07) is 0. The molecule has 0 saturated heterocycles. The van der Waals surface area contributed by atoms with E-state index in [1.165, 1.54) is 30.7 Å². The second kappa shape index (κ2) is 5.90. The Morgan fingerprint density at radius 1 is 1.31 bits per heavy atom. The van der Waals surface area contributed by atoms with Crippen LogP contribution in [0.2, 0.25) is 0 Å². The van der Waals surface area contributed by atoms with Crippen molar-refractivity contribution in [2.24, 2.45) is 0 Å².